The second-order valence-electron chi connectivity index (χ2n) is 7.60. The third-order valence-electron chi connectivity index (χ3n) is 5.23. The molecule has 142 valence electrons. The summed E-state index contributed by atoms with van der Waals surface area (Å²) in [7, 11) is 0. The van der Waals surface area contributed by atoms with Crippen LogP contribution in [0.1, 0.15) is 123 Å². The maximum Gasteiger partial charge on any atom is 0.183 e. The van der Waals surface area contributed by atoms with Crippen LogP contribution in [0, 0.1) is 0 Å². The van der Waals surface area contributed by atoms with Gasteiger partial charge in [0.2, 0.25) is 0 Å². The van der Waals surface area contributed by atoms with Crippen LogP contribution in [0.5, 0.6) is 0 Å². The van der Waals surface area contributed by atoms with Crippen LogP contribution in [0.4, 0.5) is 0 Å². The number of rotatable bonds is 17. The summed E-state index contributed by atoms with van der Waals surface area (Å²) in [6.07, 6.45) is 23.5. The number of hydrogen-bond acceptors (Lipinski definition) is 2. The Balaban J connectivity index is 1.72. The van der Waals surface area contributed by atoms with Crippen molar-refractivity contribution in [2.24, 2.45) is 4.99 Å². The fourth-order valence-corrected chi connectivity index (χ4v) is 3.46. The van der Waals surface area contributed by atoms with Gasteiger partial charge in [-0.3, -0.25) is 0 Å². The molecule has 0 aromatic rings. The minimum atomic E-state index is 0.441. The van der Waals surface area contributed by atoms with Gasteiger partial charge < -0.3 is 4.74 Å². The predicted octanol–water partition coefficient (Wildman–Crippen LogP) is 7.46. The molecule has 1 aliphatic rings. The predicted molar refractivity (Wildman–Crippen MR) is 107 cm³/mol. The highest BCUT2D eigenvalue weighted by Gasteiger charge is 2.15. The molecule has 0 saturated carbocycles. The van der Waals surface area contributed by atoms with E-state index in [2.05, 4.69) is 18.8 Å². The van der Waals surface area contributed by atoms with Crippen molar-refractivity contribution in [3.05, 3.63) is 0 Å². The summed E-state index contributed by atoms with van der Waals surface area (Å²) in [5.41, 5.74) is 0. The van der Waals surface area contributed by atoms with Crippen LogP contribution in [0.15, 0.2) is 4.99 Å². The lowest BCUT2D eigenvalue weighted by molar-refractivity contribution is 0.306. The fourth-order valence-electron chi connectivity index (χ4n) is 3.46. The largest absolute Gasteiger partial charge is 0.479 e. The van der Waals surface area contributed by atoms with Crippen molar-refractivity contribution < 1.29 is 4.74 Å². The minimum absolute atomic E-state index is 0.441. The highest BCUT2D eigenvalue weighted by Crippen LogP contribution is 2.15. The molecule has 0 bridgehead atoms. The van der Waals surface area contributed by atoms with E-state index in [1.807, 2.05) is 0 Å². The highest BCUT2D eigenvalue weighted by molar-refractivity contribution is 5.77. The van der Waals surface area contributed by atoms with Crippen molar-refractivity contribution in [2.45, 2.75) is 129 Å². The van der Waals surface area contributed by atoms with Gasteiger partial charge in [-0.15, -0.1) is 0 Å². The van der Waals surface area contributed by atoms with E-state index in [4.69, 9.17) is 4.74 Å². The second-order valence-corrected chi connectivity index (χ2v) is 7.60. The quantitative estimate of drug-likeness (QED) is 0.252. The van der Waals surface area contributed by atoms with E-state index in [9.17, 15) is 0 Å². The van der Waals surface area contributed by atoms with E-state index in [1.165, 1.54) is 96.3 Å². The Morgan fingerprint density at radius 1 is 0.708 bits per heavy atom. The molecule has 0 amide bonds. The Morgan fingerprint density at radius 2 is 1.17 bits per heavy atom. The average Bonchev–Trinajstić information content (AvgIpc) is 3.06. The zero-order valence-corrected chi connectivity index (χ0v) is 16.7. The van der Waals surface area contributed by atoms with Crippen LogP contribution in [-0.2, 0) is 4.74 Å². The summed E-state index contributed by atoms with van der Waals surface area (Å²) in [5, 5.41) is 0. The first-order valence-electron chi connectivity index (χ1n) is 11.1. The summed E-state index contributed by atoms with van der Waals surface area (Å²) in [6.45, 7) is 5.30. The van der Waals surface area contributed by atoms with Crippen molar-refractivity contribution in [1.82, 2.24) is 0 Å². The van der Waals surface area contributed by atoms with Crippen LogP contribution in [0.2, 0.25) is 0 Å². The lowest BCUT2D eigenvalue weighted by atomic mass is 10.0. The van der Waals surface area contributed by atoms with Gasteiger partial charge in [0.15, 0.2) is 5.90 Å². The minimum Gasteiger partial charge on any atom is -0.479 e. The molecule has 0 aromatic heterocycles. The van der Waals surface area contributed by atoms with E-state index in [1.54, 1.807) is 0 Å². The van der Waals surface area contributed by atoms with Crippen molar-refractivity contribution in [2.75, 3.05) is 6.61 Å². The third-order valence-corrected chi connectivity index (χ3v) is 5.23. The van der Waals surface area contributed by atoms with Crippen LogP contribution < -0.4 is 0 Å². The maximum absolute atomic E-state index is 5.63. The molecule has 1 atom stereocenters. The van der Waals surface area contributed by atoms with E-state index < -0.39 is 0 Å². The molecule has 0 fully saturated rings. The third kappa shape index (κ3) is 11.9. The van der Waals surface area contributed by atoms with Crippen LogP contribution in [0.25, 0.3) is 0 Å². The Labute approximate surface area is 151 Å². The summed E-state index contributed by atoms with van der Waals surface area (Å²) in [5.74, 6) is 1.02. The molecule has 1 aliphatic heterocycles. The maximum atomic E-state index is 5.63. The fraction of sp³-hybridized carbons (Fsp3) is 0.955. The summed E-state index contributed by atoms with van der Waals surface area (Å²) in [4.78, 5) is 4.60. The SMILES string of the molecule is CCCCCCCCCCCCCCCCCC1=N[C@H](CC)CO1. The molecular formula is C22H43NO. The van der Waals surface area contributed by atoms with Crippen LogP contribution in [-0.4, -0.2) is 18.5 Å². The van der Waals surface area contributed by atoms with Gasteiger partial charge >= 0.3 is 0 Å². The standard InChI is InChI=1S/C22H43NO/c1-3-5-6-7-8-9-10-11-12-13-14-15-16-17-18-19-22-23-21(4-2)20-24-22/h21H,3-20H2,1-2H3/t21-/m1/s1. The van der Waals surface area contributed by atoms with E-state index >= 15 is 0 Å². The van der Waals surface area contributed by atoms with E-state index in [0.29, 0.717) is 6.04 Å². The first kappa shape index (κ1) is 21.5. The van der Waals surface area contributed by atoms with Gasteiger partial charge in [0.05, 0.1) is 6.04 Å². The van der Waals surface area contributed by atoms with Crippen molar-refractivity contribution in [3.8, 4) is 0 Å². The number of nitrogens with zero attached hydrogens (tertiary/aromatic N) is 1. The van der Waals surface area contributed by atoms with Gasteiger partial charge in [0, 0.05) is 6.42 Å². The number of unbranched alkanes of at least 4 members (excludes halogenated alkanes) is 14. The summed E-state index contributed by atoms with van der Waals surface area (Å²) < 4.78 is 5.63. The Bertz CT molecular complexity index is 300. The average molecular weight is 338 g/mol. The summed E-state index contributed by atoms with van der Waals surface area (Å²) in [6, 6.07) is 0.441. The molecule has 1 rings (SSSR count). The first-order chi connectivity index (χ1) is 11.9. The molecule has 0 aromatic carbocycles. The van der Waals surface area contributed by atoms with Gasteiger partial charge in [-0.1, -0.05) is 104 Å². The highest BCUT2D eigenvalue weighted by atomic mass is 16.5. The molecule has 0 saturated heterocycles. The Morgan fingerprint density at radius 3 is 1.58 bits per heavy atom. The van der Waals surface area contributed by atoms with Gasteiger partial charge in [0.25, 0.3) is 0 Å². The molecule has 24 heavy (non-hydrogen) atoms. The number of hydrogen-bond donors (Lipinski definition) is 0. The van der Waals surface area contributed by atoms with Crippen LogP contribution >= 0.6 is 0 Å². The van der Waals surface area contributed by atoms with Crippen molar-refractivity contribution in [3.63, 3.8) is 0 Å². The lowest BCUT2D eigenvalue weighted by Crippen LogP contribution is -2.03. The molecule has 2 heteroatoms. The molecule has 0 spiro atoms. The van der Waals surface area contributed by atoms with Crippen molar-refractivity contribution in [1.29, 1.82) is 0 Å². The zero-order chi connectivity index (χ0) is 17.3. The number of ether oxygens (including phenoxy) is 1. The Kier molecular flexibility index (Phi) is 14.3. The summed E-state index contributed by atoms with van der Waals surface area (Å²) >= 11 is 0. The van der Waals surface area contributed by atoms with Gasteiger partial charge in [-0.2, -0.15) is 0 Å². The van der Waals surface area contributed by atoms with Gasteiger partial charge in [-0.25, -0.2) is 4.99 Å². The molecule has 1 heterocycles. The first-order valence-corrected chi connectivity index (χ1v) is 11.1. The molecule has 2 nitrogen and oxygen atoms in total. The smallest absolute Gasteiger partial charge is 0.183 e. The zero-order valence-electron chi connectivity index (χ0n) is 16.7. The molecule has 0 N–H and O–H groups in total. The van der Waals surface area contributed by atoms with E-state index in [0.717, 1.165) is 25.3 Å². The van der Waals surface area contributed by atoms with Gasteiger partial charge in [0.1, 0.15) is 6.61 Å². The topological polar surface area (TPSA) is 21.6 Å². The van der Waals surface area contributed by atoms with Crippen molar-refractivity contribution >= 4 is 5.90 Å². The van der Waals surface area contributed by atoms with Gasteiger partial charge in [-0.05, 0) is 12.8 Å². The molecule has 0 aliphatic carbocycles. The molecule has 0 unspecified atom stereocenters. The second kappa shape index (κ2) is 16.0. The monoisotopic (exact) mass is 337 g/mol. The lowest BCUT2D eigenvalue weighted by Gasteiger charge is -2.04. The molecule has 0 radical (unpaired) electrons. The van der Waals surface area contributed by atoms with E-state index in [-0.39, 0.29) is 0 Å². The number of aliphatic imine (C=N–C) groups is 1. The van der Waals surface area contributed by atoms with Crippen LogP contribution in [0.3, 0.4) is 0 Å². The molecular weight excluding hydrogens is 294 g/mol. The Hall–Kier alpha value is -0.530. The normalized spacial score (nSPS) is 17.1.